The van der Waals surface area contributed by atoms with E-state index in [0.29, 0.717) is 17.5 Å². The normalized spacial score (nSPS) is 13.5. The average molecular weight is 387 g/mol. The molecule has 1 aromatic carbocycles. The van der Waals surface area contributed by atoms with Crippen molar-refractivity contribution < 1.29 is 9.53 Å². The van der Waals surface area contributed by atoms with Gasteiger partial charge in [-0.3, -0.25) is 9.36 Å². The minimum absolute atomic E-state index is 0.126. The van der Waals surface area contributed by atoms with Crippen LogP contribution in [0.4, 0.5) is 0 Å². The number of thioether (sulfide) groups is 1. The second-order valence-corrected chi connectivity index (χ2v) is 7.82. The van der Waals surface area contributed by atoms with E-state index in [4.69, 9.17) is 4.74 Å². The van der Waals surface area contributed by atoms with Crippen LogP contribution >= 0.6 is 23.1 Å². The molecule has 4 rings (SSSR count). The van der Waals surface area contributed by atoms with Gasteiger partial charge >= 0.3 is 0 Å². The fraction of sp³-hybridized carbons (Fsp3) is 0.278. The molecule has 0 fully saturated rings. The van der Waals surface area contributed by atoms with Crippen LogP contribution in [0.15, 0.2) is 47.2 Å². The topological polar surface area (TPSA) is 60.2 Å². The van der Waals surface area contributed by atoms with Crippen LogP contribution in [0, 0.1) is 0 Å². The van der Waals surface area contributed by atoms with Crippen molar-refractivity contribution in [1.29, 1.82) is 0 Å². The molecule has 0 radical (unpaired) electrons. The molecule has 3 heterocycles. The number of ether oxygens (including phenoxy) is 1. The molecule has 3 aromatic rings. The zero-order valence-electron chi connectivity index (χ0n) is 14.3. The van der Waals surface area contributed by atoms with Crippen molar-refractivity contribution in [3.05, 3.63) is 52.5 Å². The summed E-state index contributed by atoms with van der Waals surface area (Å²) in [4.78, 5) is 15.9. The van der Waals surface area contributed by atoms with E-state index in [1.165, 1.54) is 22.2 Å². The lowest BCUT2D eigenvalue weighted by Crippen LogP contribution is -2.36. The van der Waals surface area contributed by atoms with Crippen LogP contribution in [0.5, 0.6) is 5.75 Å². The lowest BCUT2D eigenvalue weighted by atomic mass is 10.1. The van der Waals surface area contributed by atoms with Crippen molar-refractivity contribution in [1.82, 2.24) is 19.7 Å². The number of fused-ring (bicyclic) bond motifs is 1. The van der Waals surface area contributed by atoms with Gasteiger partial charge in [-0.15, -0.1) is 21.5 Å². The minimum Gasteiger partial charge on any atom is -0.495 e. The van der Waals surface area contributed by atoms with Crippen molar-refractivity contribution >= 4 is 29.0 Å². The third-order valence-electron chi connectivity index (χ3n) is 4.35. The number of amides is 1. The van der Waals surface area contributed by atoms with Crippen LogP contribution in [0.2, 0.25) is 0 Å². The van der Waals surface area contributed by atoms with Gasteiger partial charge in [-0.2, -0.15) is 0 Å². The van der Waals surface area contributed by atoms with Crippen LogP contribution in [0.1, 0.15) is 10.4 Å². The molecular weight excluding hydrogens is 368 g/mol. The Balaban J connectivity index is 1.45. The molecule has 0 bridgehead atoms. The number of hydrogen-bond donors (Lipinski definition) is 0. The summed E-state index contributed by atoms with van der Waals surface area (Å²) in [6.07, 6.45) is 2.59. The van der Waals surface area contributed by atoms with Crippen molar-refractivity contribution in [2.45, 2.75) is 18.1 Å². The van der Waals surface area contributed by atoms with Gasteiger partial charge in [0, 0.05) is 18.0 Å². The van der Waals surface area contributed by atoms with Gasteiger partial charge in [0.25, 0.3) is 0 Å². The summed E-state index contributed by atoms with van der Waals surface area (Å²) in [6, 6.07) is 9.80. The molecule has 6 nitrogen and oxygen atoms in total. The maximum absolute atomic E-state index is 12.6. The molecule has 134 valence electrons. The molecule has 0 atom stereocenters. The Labute approximate surface area is 159 Å². The quantitative estimate of drug-likeness (QED) is 0.631. The Hall–Kier alpha value is -2.32. The molecule has 1 aliphatic heterocycles. The molecule has 0 unspecified atom stereocenters. The lowest BCUT2D eigenvalue weighted by molar-refractivity contribution is -0.129. The minimum atomic E-state index is 0.126. The van der Waals surface area contributed by atoms with Gasteiger partial charge in [0.15, 0.2) is 5.16 Å². The number of nitrogens with zero attached hydrogens (tertiary/aromatic N) is 4. The van der Waals surface area contributed by atoms with Crippen molar-refractivity contribution in [3.63, 3.8) is 0 Å². The smallest absolute Gasteiger partial charge is 0.233 e. The van der Waals surface area contributed by atoms with E-state index in [1.807, 2.05) is 33.7 Å². The van der Waals surface area contributed by atoms with Gasteiger partial charge in [-0.1, -0.05) is 23.9 Å². The molecule has 1 amide bonds. The predicted molar refractivity (Wildman–Crippen MR) is 102 cm³/mol. The Bertz CT molecular complexity index is 921. The fourth-order valence-electron chi connectivity index (χ4n) is 3.00. The largest absolute Gasteiger partial charge is 0.495 e. The van der Waals surface area contributed by atoms with Crippen molar-refractivity contribution in [2.24, 2.45) is 0 Å². The summed E-state index contributed by atoms with van der Waals surface area (Å²) < 4.78 is 7.26. The van der Waals surface area contributed by atoms with E-state index in [0.717, 1.165) is 24.4 Å². The van der Waals surface area contributed by atoms with Gasteiger partial charge < -0.3 is 9.64 Å². The summed E-state index contributed by atoms with van der Waals surface area (Å²) in [5, 5.41) is 10.9. The molecule has 26 heavy (non-hydrogen) atoms. The average Bonchev–Trinajstić information content (AvgIpc) is 3.34. The second-order valence-electron chi connectivity index (χ2n) is 5.88. The van der Waals surface area contributed by atoms with Gasteiger partial charge in [0.2, 0.25) is 5.91 Å². The predicted octanol–water partition coefficient (Wildman–Crippen LogP) is 3.01. The molecule has 1 aliphatic rings. The number of methoxy groups -OCH3 is 1. The Morgan fingerprint density at radius 2 is 2.23 bits per heavy atom. The number of thiophene rings is 1. The highest BCUT2D eigenvalue weighted by Gasteiger charge is 2.22. The highest BCUT2D eigenvalue weighted by Crippen LogP contribution is 2.28. The third kappa shape index (κ3) is 3.34. The van der Waals surface area contributed by atoms with Gasteiger partial charge in [0.1, 0.15) is 12.1 Å². The summed E-state index contributed by atoms with van der Waals surface area (Å²) in [6.45, 7) is 1.49. The number of carbonyl (C=O) groups is 1. The zero-order chi connectivity index (χ0) is 17.9. The Kier molecular flexibility index (Phi) is 4.94. The first-order chi connectivity index (χ1) is 12.8. The van der Waals surface area contributed by atoms with Gasteiger partial charge in [0.05, 0.1) is 18.6 Å². The summed E-state index contributed by atoms with van der Waals surface area (Å²) in [5.41, 5.74) is 2.13. The number of benzene rings is 1. The number of hydrogen-bond acceptors (Lipinski definition) is 6. The summed E-state index contributed by atoms with van der Waals surface area (Å²) in [5.74, 6) is 1.20. The van der Waals surface area contributed by atoms with Crippen LogP contribution in [-0.4, -0.2) is 45.0 Å². The third-order valence-corrected chi connectivity index (χ3v) is 6.30. The monoisotopic (exact) mass is 386 g/mol. The zero-order valence-corrected chi connectivity index (χ0v) is 15.9. The molecular formula is C18H18N4O2S2. The first-order valence-electron chi connectivity index (χ1n) is 8.25. The molecule has 2 aromatic heterocycles. The van der Waals surface area contributed by atoms with Crippen molar-refractivity contribution in [2.75, 3.05) is 19.4 Å². The second kappa shape index (κ2) is 7.51. The molecule has 0 spiro atoms. The Morgan fingerprint density at radius 1 is 1.35 bits per heavy atom. The van der Waals surface area contributed by atoms with Crippen LogP contribution in [0.25, 0.3) is 5.69 Å². The SMILES string of the molecule is COc1ccccc1-n1cnnc1SCC(=O)N1CCc2sccc2C1. The van der Waals surface area contributed by atoms with Crippen LogP contribution in [-0.2, 0) is 17.8 Å². The van der Waals surface area contributed by atoms with Gasteiger partial charge in [-0.25, -0.2) is 0 Å². The highest BCUT2D eigenvalue weighted by atomic mass is 32.2. The van der Waals surface area contributed by atoms with Crippen LogP contribution in [0.3, 0.4) is 0 Å². The van der Waals surface area contributed by atoms with E-state index in [1.54, 1.807) is 24.8 Å². The first kappa shape index (κ1) is 17.1. The number of carbonyl (C=O) groups excluding carboxylic acids is 1. The van der Waals surface area contributed by atoms with E-state index in [9.17, 15) is 4.79 Å². The van der Waals surface area contributed by atoms with Crippen molar-refractivity contribution in [3.8, 4) is 11.4 Å². The van der Waals surface area contributed by atoms with Crippen LogP contribution < -0.4 is 4.74 Å². The summed E-state index contributed by atoms with van der Waals surface area (Å²) >= 11 is 3.17. The number of rotatable bonds is 5. The van der Waals surface area contributed by atoms with E-state index >= 15 is 0 Å². The Morgan fingerprint density at radius 3 is 3.12 bits per heavy atom. The first-order valence-corrected chi connectivity index (χ1v) is 10.1. The maximum Gasteiger partial charge on any atom is 0.233 e. The van der Waals surface area contributed by atoms with E-state index in [-0.39, 0.29) is 5.91 Å². The maximum atomic E-state index is 12.6. The summed E-state index contributed by atoms with van der Waals surface area (Å²) in [7, 11) is 1.63. The van der Waals surface area contributed by atoms with E-state index in [2.05, 4.69) is 21.6 Å². The molecule has 0 saturated carbocycles. The van der Waals surface area contributed by atoms with Gasteiger partial charge in [-0.05, 0) is 35.6 Å². The molecule has 0 aliphatic carbocycles. The fourth-order valence-corrected chi connectivity index (χ4v) is 4.71. The highest BCUT2D eigenvalue weighted by molar-refractivity contribution is 7.99. The molecule has 0 saturated heterocycles. The molecule has 8 heteroatoms. The number of para-hydroxylation sites is 2. The van der Waals surface area contributed by atoms with E-state index < -0.39 is 0 Å². The molecule has 0 N–H and O–H groups in total. The number of aromatic nitrogens is 3. The lowest BCUT2D eigenvalue weighted by Gasteiger charge is -2.26. The standard InChI is InChI=1S/C18H18N4O2S2/c1-24-15-5-3-2-4-14(15)22-12-19-20-18(22)26-11-17(23)21-8-6-16-13(10-21)7-9-25-16/h2-5,7,9,12H,6,8,10-11H2,1H3.